The SMILES string of the molecule is CC1(C)c2ccccc2-n2c3ccc(N(c4cccc5c4C=CCC5)c4cc5ccccc5c5ccccc45)cc3c3cccc1c32. The first-order valence-electron chi connectivity index (χ1n) is 16.8. The zero-order valence-electron chi connectivity index (χ0n) is 26.7. The summed E-state index contributed by atoms with van der Waals surface area (Å²) in [5.41, 5.74) is 12.8. The molecule has 1 aliphatic carbocycles. The Kier molecular flexibility index (Phi) is 5.49. The van der Waals surface area contributed by atoms with E-state index in [-0.39, 0.29) is 5.41 Å². The Hall–Kier alpha value is -5.60. The fourth-order valence-electron chi connectivity index (χ4n) is 8.57. The maximum atomic E-state index is 2.52. The molecule has 2 heteroatoms. The quantitative estimate of drug-likeness (QED) is 0.183. The van der Waals surface area contributed by atoms with Crippen LogP contribution in [0.1, 0.15) is 42.5 Å². The van der Waals surface area contributed by atoms with Crippen LogP contribution in [0.4, 0.5) is 17.1 Å². The normalized spacial score (nSPS) is 14.5. The number of benzene rings is 7. The van der Waals surface area contributed by atoms with Crippen LogP contribution in [0.25, 0.3) is 55.1 Å². The van der Waals surface area contributed by atoms with Crippen LogP contribution >= 0.6 is 0 Å². The van der Waals surface area contributed by atoms with Gasteiger partial charge in [-0.05, 0) is 82.1 Å². The monoisotopic (exact) mass is 602 g/mol. The molecule has 47 heavy (non-hydrogen) atoms. The van der Waals surface area contributed by atoms with E-state index in [1.165, 1.54) is 88.4 Å². The maximum absolute atomic E-state index is 2.52. The van der Waals surface area contributed by atoms with Gasteiger partial charge < -0.3 is 9.47 Å². The number of para-hydroxylation sites is 2. The summed E-state index contributed by atoms with van der Waals surface area (Å²) in [7, 11) is 0. The first kappa shape index (κ1) is 26.6. The van der Waals surface area contributed by atoms with Crippen LogP contribution in [0.15, 0.2) is 140 Å². The second kappa shape index (κ2) is 9.70. The molecule has 0 saturated carbocycles. The third-order valence-corrected chi connectivity index (χ3v) is 10.8. The Morgan fingerprint density at radius 3 is 2.26 bits per heavy atom. The smallest absolute Gasteiger partial charge is 0.0582 e. The van der Waals surface area contributed by atoms with E-state index in [2.05, 4.69) is 169 Å². The second-order valence-electron chi connectivity index (χ2n) is 13.7. The van der Waals surface area contributed by atoms with Crippen LogP contribution < -0.4 is 4.90 Å². The van der Waals surface area contributed by atoms with E-state index >= 15 is 0 Å². The molecule has 8 aromatic rings. The van der Waals surface area contributed by atoms with Crippen molar-refractivity contribution in [2.24, 2.45) is 0 Å². The van der Waals surface area contributed by atoms with Crippen molar-refractivity contribution >= 4 is 66.5 Å². The molecule has 0 radical (unpaired) electrons. The molecule has 0 atom stereocenters. The van der Waals surface area contributed by atoms with E-state index in [1.54, 1.807) is 0 Å². The van der Waals surface area contributed by atoms with Crippen molar-refractivity contribution in [3.8, 4) is 5.69 Å². The van der Waals surface area contributed by atoms with Gasteiger partial charge >= 0.3 is 0 Å². The number of anilines is 3. The number of aryl methyl sites for hydroxylation is 1. The summed E-state index contributed by atoms with van der Waals surface area (Å²) in [4.78, 5) is 2.52. The van der Waals surface area contributed by atoms with Crippen LogP contribution in [0.2, 0.25) is 0 Å². The molecule has 0 N–H and O–H groups in total. The molecule has 1 aliphatic heterocycles. The molecule has 0 spiro atoms. The summed E-state index contributed by atoms with van der Waals surface area (Å²) in [5, 5.41) is 7.65. The largest absolute Gasteiger partial charge is 0.309 e. The van der Waals surface area contributed by atoms with E-state index in [4.69, 9.17) is 0 Å². The van der Waals surface area contributed by atoms with Crippen molar-refractivity contribution in [1.82, 2.24) is 4.57 Å². The summed E-state index contributed by atoms with van der Waals surface area (Å²) in [5.74, 6) is 0. The van der Waals surface area contributed by atoms with Gasteiger partial charge in [0.25, 0.3) is 0 Å². The van der Waals surface area contributed by atoms with Crippen molar-refractivity contribution in [2.45, 2.75) is 32.1 Å². The number of fused-ring (bicyclic) bond motifs is 9. The lowest BCUT2D eigenvalue weighted by Gasteiger charge is -2.34. The van der Waals surface area contributed by atoms with Crippen LogP contribution in [0.5, 0.6) is 0 Å². The minimum atomic E-state index is -0.0885. The lowest BCUT2D eigenvalue weighted by molar-refractivity contribution is 0.630. The molecule has 2 aliphatic rings. The highest BCUT2D eigenvalue weighted by atomic mass is 15.1. The van der Waals surface area contributed by atoms with E-state index in [1.807, 2.05) is 0 Å². The fourth-order valence-corrected chi connectivity index (χ4v) is 8.57. The van der Waals surface area contributed by atoms with Gasteiger partial charge in [-0.2, -0.15) is 0 Å². The predicted molar refractivity (Wildman–Crippen MR) is 200 cm³/mol. The number of nitrogens with zero attached hydrogens (tertiary/aromatic N) is 2. The van der Waals surface area contributed by atoms with E-state index in [0.29, 0.717) is 0 Å². The maximum Gasteiger partial charge on any atom is 0.0582 e. The minimum Gasteiger partial charge on any atom is -0.309 e. The topological polar surface area (TPSA) is 8.17 Å². The fraction of sp³-hybridized carbons (Fsp3) is 0.111. The minimum absolute atomic E-state index is 0.0885. The third-order valence-electron chi connectivity index (χ3n) is 10.8. The average molecular weight is 603 g/mol. The van der Waals surface area contributed by atoms with Crippen LogP contribution in [0.3, 0.4) is 0 Å². The van der Waals surface area contributed by atoms with E-state index in [9.17, 15) is 0 Å². The highest BCUT2D eigenvalue weighted by Gasteiger charge is 2.35. The number of aromatic nitrogens is 1. The average Bonchev–Trinajstić information content (AvgIpc) is 3.45. The summed E-state index contributed by atoms with van der Waals surface area (Å²) >= 11 is 0. The van der Waals surface area contributed by atoms with Crippen molar-refractivity contribution in [1.29, 1.82) is 0 Å². The lowest BCUT2D eigenvalue weighted by Crippen LogP contribution is -2.26. The lowest BCUT2D eigenvalue weighted by atomic mass is 9.75. The summed E-state index contributed by atoms with van der Waals surface area (Å²) < 4.78 is 2.51. The van der Waals surface area contributed by atoms with Gasteiger partial charge in [-0.1, -0.05) is 123 Å². The first-order valence-corrected chi connectivity index (χ1v) is 16.8. The number of hydrogen-bond acceptors (Lipinski definition) is 1. The molecular weight excluding hydrogens is 569 g/mol. The van der Waals surface area contributed by atoms with Crippen LogP contribution in [0, 0.1) is 0 Å². The molecule has 0 bridgehead atoms. The second-order valence-corrected chi connectivity index (χ2v) is 13.7. The Morgan fingerprint density at radius 2 is 1.34 bits per heavy atom. The Balaban J connectivity index is 1.31. The number of rotatable bonds is 3. The molecule has 7 aromatic carbocycles. The zero-order valence-corrected chi connectivity index (χ0v) is 26.7. The van der Waals surface area contributed by atoms with Gasteiger partial charge in [-0.15, -0.1) is 0 Å². The van der Waals surface area contributed by atoms with Crippen molar-refractivity contribution in [2.75, 3.05) is 4.90 Å². The third kappa shape index (κ3) is 3.67. The van der Waals surface area contributed by atoms with Crippen molar-refractivity contribution < 1.29 is 0 Å². The molecule has 10 rings (SSSR count). The molecule has 0 fully saturated rings. The van der Waals surface area contributed by atoms with E-state index < -0.39 is 0 Å². The highest BCUT2D eigenvalue weighted by molar-refractivity contribution is 6.16. The molecule has 224 valence electrons. The summed E-state index contributed by atoms with van der Waals surface area (Å²) in [6, 6.07) is 49.9. The summed E-state index contributed by atoms with van der Waals surface area (Å²) in [6.07, 6.45) is 6.82. The van der Waals surface area contributed by atoms with Gasteiger partial charge in [-0.3, -0.25) is 0 Å². The summed E-state index contributed by atoms with van der Waals surface area (Å²) in [6.45, 7) is 4.73. The van der Waals surface area contributed by atoms with Gasteiger partial charge in [0, 0.05) is 32.8 Å². The van der Waals surface area contributed by atoms with Crippen LogP contribution in [-0.4, -0.2) is 4.57 Å². The molecular formula is C45H34N2. The van der Waals surface area contributed by atoms with Gasteiger partial charge in [0.2, 0.25) is 0 Å². The van der Waals surface area contributed by atoms with Crippen LogP contribution in [-0.2, 0) is 11.8 Å². The standard InChI is InChI=1S/C45H34N2/c1-45(2)38-21-9-10-23-42(38)47-41-26-25-31(28-37(41)36-20-12-22-39(45)44(36)47)46(40-24-11-15-29-13-3-6-17-33(29)40)43-27-30-14-4-5-16-32(30)34-18-7-8-19-35(34)43/h4-12,14-28H,3,13H2,1-2H3. The van der Waals surface area contributed by atoms with Gasteiger partial charge in [0.15, 0.2) is 0 Å². The van der Waals surface area contributed by atoms with Gasteiger partial charge in [-0.25, -0.2) is 0 Å². The van der Waals surface area contributed by atoms with Crippen molar-refractivity contribution in [3.63, 3.8) is 0 Å². The molecule has 2 nitrogen and oxygen atoms in total. The van der Waals surface area contributed by atoms with Gasteiger partial charge in [0.05, 0.1) is 28.1 Å². The molecule has 1 aromatic heterocycles. The number of allylic oxidation sites excluding steroid dienone is 1. The number of hydrogen-bond donors (Lipinski definition) is 0. The zero-order chi connectivity index (χ0) is 31.3. The van der Waals surface area contributed by atoms with Gasteiger partial charge in [0.1, 0.15) is 0 Å². The molecule has 0 saturated heterocycles. The predicted octanol–water partition coefficient (Wildman–Crippen LogP) is 12.2. The van der Waals surface area contributed by atoms with E-state index in [0.717, 1.165) is 12.8 Å². The Labute approximate surface area is 274 Å². The Morgan fingerprint density at radius 1 is 0.596 bits per heavy atom. The molecule has 0 amide bonds. The molecule has 2 heterocycles. The first-order chi connectivity index (χ1) is 23.1. The highest BCUT2D eigenvalue weighted by Crippen LogP contribution is 2.50. The molecule has 0 unspecified atom stereocenters. The Bertz CT molecular complexity index is 2610. The van der Waals surface area contributed by atoms with Crippen molar-refractivity contribution in [3.05, 3.63) is 162 Å².